The van der Waals surface area contributed by atoms with Crippen LogP contribution in [0.3, 0.4) is 0 Å². The third-order valence-electron chi connectivity index (χ3n) is 4.29. The van der Waals surface area contributed by atoms with Crippen molar-refractivity contribution in [1.82, 2.24) is 0 Å². The zero-order chi connectivity index (χ0) is 18.7. The zero-order valence-electron chi connectivity index (χ0n) is 15.6. The summed E-state index contributed by atoms with van der Waals surface area (Å²) in [5.41, 5.74) is 2.43. The highest BCUT2D eigenvalue weighted by molar-refractivity contribution is 5.69. The van der Waals surface area contributed by atoms with Gasteiger partial charge in [0.2, 0.25) is 0 Å². The smallest absolute Gasteiger partial charge is 0.305 e. The molecule has 0 N–H and O–H groups in total. The highest BCUT2D eigenvalue weighted by atomic mass is 16.7. The van der Waals surface area contributed by atoms with Crippen LogP contribution in [-0.2, 0) is 31.8 Å². The molecule has 2 rings (SSSR count). The van der Waals surface area contributed by atoms with Crippen LogP contribution in [0.4, 0.5) is 0 Å². The first-order valence-electron chi connectivity index (χ1n) is 9.04. The first-order chi connectivity index (χ1) is 12.6. The minimum Gasteiger partial charge on any atom is -0.469 e. The summed E-state index contributed by atoms with van der Waals surface area (Å²) < 4.78 is 16.8. The van der Waals surface area contributed by atoms with Gasteiger partial charge in [-0.15, -0.1) is 0 Å². The average molecular weight is 356 g/mol. The minimum atomic E-state index is -0.808. The number of carbonyl (C=O) groups excluding carboxylic acids is 1. The normalized spacial score (nSPS) is 11.3. The molecule has 0 saturated carbocycles. The Morgan fingerprint density at radius 3 is 1.73 bits per heavy atom. The van der Waals surface area contributed by atoms with Gasteiger partial charge in [-0.25, -0.2) is 0 Å². The fraction of sp³-hybridized carbons (Fsp3) is 0.409. The summed E-state index contributed by atoms with van der Waals surface area (Å²) in [7, 11) is 1.40. The number of hydrogen-bond donors (Lipinski definition) is 0. The molecule has 0 atom stereocenters. The van der Waals surface area contributed by atoms with Crippen LogP contribution in [0.5, 0.6) is 0 Å². The highest BCUT2D eigenvalue weighted by Gasteiger charge is 2.27. The van der Waals surface area contributed by atoms with Gasteiger partial charge in [0.25, 0.3) is 0 Å². The average Bonchev–Trinajstić information content (AvgIpc) is 2.68. The lowest BCUT2D eigenvalue weighted by Crippen LogP contribution is -2.35. The Kier molecular flexibility index (Phi) is 8.32. The summed E-state index contributed by atoms with van der Waals surface area (Å²) in [6.07, 6.45) is 2.33. The predicted molar refractivity (Wildman–Crippen MR) is 102 cm³/mol. The van der Waals surface area contributed by atoms with Gasteiger partial charge in [-0.3, -0.25) is 4.79 Å². The third kappa shape index (κ3) is 7.38. The van der Waals surface area contributed by atoms with Crippen molar-refractivity contribution in [3.05, 3.63) is 71.8 Å². The quantitative estimate of drug-likeness (QED) is 0.448. The Labute approximate surface area is 156 Å². The van der Waals surface area contributed by atoms with E-state index in [2.05, 4.69) is 24.3 Å². The topological polar surface area (TPSA) is 44.8 Å². The Balaban J connectivity index is 1.86. The van der Waals surface area contributed by atoms with E-state index >= 15 is 0 Å². The van der Waals surface area contributed by atoms with E-state index in [1.807, 2.05) is 43.3 Å². The van der Waals surface area contributed by atoms with Crippen molar-refractivity contribution in [2.75, 3.05) is 20.3 Å². The van der Waals surface area contributed by atoms with Crippen LogP contribution in [0.2, 0.25) is 0 Å². The second-order valence-corrected chi connectivity index (χ2v) is 6.38. The molecule has 140 valence electrons. The van der Waals surface area contributed by atoms with Gasteiger partial charge in [0.05, 0.1) is 26.7 Å². The zero-order valence-corrected chi connectivity index (χ0v) is 15.6. The Morgan fingerprint density at radius 1 is 0.846 bits per heavy atom. The highest BCUT2D eigenvalue weighted by Crippen LogP contribution is 2.21. The summed E-state index contributed by atoms with van der Waals surface area (Å²) in [6.45, 7) is 2.96. The van der Waals surface area contributed by atoms with E-state index < -0.39 is 5.79 Å². The maximum atomic E-state index is 11.5. The molecule has 0 heterocycles. The molecule has 0 spiro atoms. The summed E-state index contributed by atoms with van der Waals surface area (Å²) in [4.78, 5) is 11.5. The van der Waals surface area contributed by atoms with Gasteiger partial charge >= 0.3 is 5.97 Å². The number of methoxy groups -OCH3 is 1. The van der Waals surface area contributed by atoms with Crippen LogP contribution in [-0.4, -0.2) is 32.1 Å². The van der Waals surface area contributed by atoms with Gasteiger partial charge in [-0.1, -0.05) is 60.7 Å². The maximum absolute atomic E-state index is 11.5. The second kappa shape index (κ2) is 10.7. The molecule has 0 aliphatic carbocycles. The standard InChI is InChI=1S/C22H28O4/c1-22(16-13-21(23)24-2,25-17-14-19-9-5-3-6-10-19)26-18-15-20-11-7-4-8-12-20/h3-12H,13-18H2,1-2H3. The van der Waals surface area contributed by atoms with Gasteiger partial charge in [0, 0.05) is 6.42 Å². The summed E-state index contributed by atoms with van der Waals surface area (Å²) in [5.74, 6) is -1.06. The molecule has 0 aliphatic heterocycles. The number of rotatable bonds is 11. The lowest BCUT2D eigenvalue weighted by atomic mass is 10.1. The molecule has 0 fully saturated rings. The Morgan fingerprint density at radius 2 is 1.31 bits per heavy atom. The fourth-order valence-corrected chi connectivity index (χ4v) is 2.68. The monoisotopic (exact) mass is 356 g/mol. The van der Waals surface area contributed by atoms with E-state index in [-0.39, 0.29) is 12.4 Å². The lowest BCUT2D eigenvalue weighted by molar-refractivity contribution is -0.229. The van der Waals surface area contributed by atoms with E-state index in [9.17, 15) is 4.79 Å². The van der Waals surface area contributed by atoms with Crippen molar-refractivity contribution in [3.63, 3.8) is 0 Å². The van der Waals surface area contributed by atoms with E-state index in [0.717, 1.165) is 12.8 Å². The number of ether oxygens (including phenoxy) is 3. The molecule has 2 aromatic rings. The van der Waals surface area contributed by atoms with Crippen molar-refractivity contribution in [3.8, 4) is 0 Å². The molecule has 0 radical (unpaired) electrons. The minimum absolute atomic E-state index is 0.255. The van der Waals surface area contributed by atoms with Crippen molar-refractivity contribution >= 4 is 5.97 Å². The third-order valence-corrected chi connectivity index (χ3v) is 4.29. The van der Waals surface area contributed by atoms with Crippen molar-refractivity contribution in [2.24, 2.45) is 0 Å². The van der Waals surface area contributed by atoms with Crippen LogP contribution < -0.4 is 0 Å². The summed E-state index contributed by atoms with van der Waals surface area (Å²) in [5, 5.41) is 0. The van der Waals surface area contributed by atoms with Crippen LogP contribution in [0.25, 0.3) is 0 Å². The van der Waals surface area contributed by atoms with Crippen LogP contribution >= 0.6 is 0 Å². The number of esters is 1. The predicted octanol–water partition coefficient (Wildman–Crippen LogP) is 4.17. The van der Waals surface area contributed by atoms with Crippen LogP contribution in [0.15, 0.2) is 60.7 Å². The van der Waals surface area contributed by atoms with Gasteiger partial charge in [-0.2, -0.15) is 0 Å². The van der Waals surface area contributed by atoms with Crippen LogP contribution in [0, 0.1) is 0 Å². The molecule has 0 bridgehead atoms. The SMILES string of the molecule is COC(=O)CCC(C)(OCCc1ccccc1)OCCc1ccccc1. The fourth-order valence-electron chi connectivity index (χ4n) is 2.68. The van der Waals surface area contributed by atoms with E-state index in [0.29, 0.717) is 19.6 Å². The van der Waals surface area contributed by atoms with Crippen molar-refractivity contribution in [2.45, 2.75) is 38.4 Å². The number of carbonyl (C=O) groups is 1. The van der Waals surface area contributed by atoms with Gasteiger partial charge in [0.15, 0.2) is 5.79 Å². The van der Waals surface area contributed by atoms with Gasteiger partial charge in [-0.05, 0) is 30.9 Å². The number of hydrogen-bond acceptors (Lipinski definition) is 4. The lowest BCUT2D eigenvalue weighted by Gasteiger charge is -2.30. The van der Waals surface area contributed by atoms with E-state index in [4.69, 9.17) is 14.2 Å². The molecule has 4 heteroatoms. The maximum Gasteiger partial charge on any atom is 0.305 e. The summed E-state index contributed by atoms with van der Waals surface area (Å²) in [6, 6.07) is 20.4. The van der Waals surface area contributed by atoms with E-state index in [1.165, 1.54) is 18.2 Å². The van der Waals surface area contributed by atoms with Crippen LogP contribution in [0.1, 0.15) is 30.9 Å². The van der Waals surface area contributed by atoms with E-state index in [1.54, 1.807) is 0 Å². The van der Waals surface area contributed by atoms with Gasteiger partial charge in [0.1, 0.15) is 0 Å². The molecular weight excluding hydrogens is 328 g/mol. The largest absolute Gasteiger partial charge is 0.469 e. The number of benzene rings is 2. The molecule has 26 heavy (non-hydrogen) atoms. The molecule has 0 amide bonds. The molecule has 4 nitrogen and oxygen atoms in total. The molecule has 2 aromatic carbocycles. The Bertz CT molecular complexity index is 594. The second-order valence-electron chi connectivity index (χ2n) is 6.38. The summed E-state index contributed by atoms with van der Waals surface area (Å²) >= 11 is 0. The first kappa shape index (κ1) is 20.1. The molecule has 0 saturated heterocycles. The molecule has 0 aromatic heterocycles. The molecule has 0 unspecified atom stereocenters. The van der Waals surface area contributed by atoms with Crippen molar-refractivity contribution in [1.29, 1.82) is 0 Å². The molecule has 0 aliphatic rings. The van der Waals surface area contributed by atoms with Crippen molar-refractivity contribution < 1.29 is 19.0 Å². The molecular formula is C22H28O4. The first-order valence-corrected chi connectivity index (χ1v) is 9.04. The Hall–Kier alpha value is -2.17. The van der Waals surface area contributed by atoms with Gasteiger partial charge < -0.3 is 14.2 Å².